The summed E-state index contributed by atoms with van der Waals surface area (Å²) in [7, 11) is 0. The van der Waals surface area contributed by atoms with Crippen molar-refractivity contribution in [3.8, 4) is 0 Å². The highest BCUT2D eigenvalue weighted by Gasteiger charge is 1.65. The average Bonchev–Trinajstić information content (AvgIpc) is 1.33. The van der Waals surface area contributed by atoms with Crippen LogP contribution in [0.25, 0.3) is 16.0 Å². The van der Waals surface area contributed by atoms with Crippen LogP contribution in [0.1, 0.15) is 0 Å². The molecule has 0 bridgehead atoms. The molecule has 0 aliphatic carbocycles. The summed E-state index contributed by atoms with van der Waals surface area (Å²) in [6.07, 6.45) is -1.33. The summed E-state index contributed by atoms with van der Waals surface area (Å²) >= 11 is 0. The van der Waals surface area contributed by atoms with Crippen LogP contribution in [-0.2, 0) is 0 Å². The number of hydrogen-bond acceptors (Lipinski definition) is 1. The first-order valence-corrected chi connectivity index (χ1v) is 1.12. The van der Waals surface area contributed by atoms with E-state index in [0.717, 1.165) is 0 Å². The van der Waals surface area contributed by atoms with Gasteiger partial charge in [-0.05, 0) is 0 Å². The van der Waals surface area contributed by atoms with E-state index in [4.69, 9.17) is 21.0 Å². The van der Waals surface area contributed by atoms with Crippen molar-refractivity contribution >= 4 is 6.09 Å². The number of hydrogen-bond donors (Lipinski definition) is 2. The Labute approximate surface area is 39.0 Å². The van der Waals surface area contributed by atoms with E-state index >= 15 is 0 Å². The molecular weight excluding hydrogens is 100 g/mol. The van der Waals surface area contributed by atoms with E-state index < -0.39 is 6.09 Å². The number of primary amides is 1. The van der Waals surface area contributed by atoms with E-state index in [1.165, 1.54) is 4.91 Å². The van der Waals surface area contributed by atoms with Crippen LogP contribution >= 0.6 is 0 Å². The maximum Gasteiger partial charge on any atom is 0.402 e. The highest BCUT2D eigenvalue weighted by molar-refractivity contribution is 5.61. The van der Waals surface area contributed by atoms with Crippen molar-refractivity contribution < 1.29 is 9.90 Å². The third kappa shape index (κ3) is 15.1. The van der Waals surface area contributed by atoms with Gasteiger partial charge in [-0.15, -0.1) is 0 Å². The predicted octanol–water partition coefficient (Wildman–Crippen LogP) is 0.489. The van der Waals surface area contributed by atoms with Crippen LogP contribution in [-0.4, -0.2) is 11.2 Å². The molecule has 0 saturated heterocycles. The zero-order chi connectivity index (χ0) is 6.28. The van der Waals surface area contributed by atoms with Gasteiger partial charge in [0.05, 0.1) is 0 Å². The minimum Gasteiger partial charge on any atom is -0.465 e. The maximum atomic E-state index is 8.78. The van der Waals surface area contributed by atoms with Gasteiger partial charge in [0.2, 0.25) is 0 Å². The lowest BCUT2D eigenvalue weighted by atomic mass is 11.3. The number of rotatable bonds is 0. The van der Waals surface area contributed by atoms with Crippen molar-refractivity contribution in [2.75, 3.05) is 0 Å². The Bertz CT molecular complexity index is 77.7. The zero-order valence-electron chi connectivity index (χ0n) is 3.27. The van der Waals surface area contributed by atoms with Gasteiger partial charge in [-0.25, -0.2) is 4.79 Å². The number of amides is 1. The summed E-state index contributed by atoms with van der Waals surface area (Å²) in [4.78, 5) is 10.3. The molecular formula is CH3N4O2-. The lowest BCUT2D eigenvalue weighted by Gasteiger charge is -1.61. The lowest BCUT2D eigenvalue weighted by molar-refractivity contribution is 0.205. The fourth-order valence-corrected chi connectivity index (χ4v) is 0. The predicted molar refractivity (Wildman–Crippen MR) is 22.3 cm³/mol. The molecule has 7 heavy (non-hydrogen) atoms. The van der Waals surface area contributed by atoms with Gasteiger partial charge in [0.1, 0.15) is 0 Å². The average molecular weight is 103 g/mol. The quantitative estimate of drug-likeness (QED) is 0.263. The maximum absolute atomic E-state index is 8.78. The molecule has 0 spiro atoms. The number of nitrogens with two attached hydrogens (primary N) is 1. The smallest absolute Gasteiger partial charge is 0.402 e. The van der Waals surface area contributed by atoms with Crippen LogP contribution in [0.3, 0.4) is 0 Å². The Morgan fingerprint density at radius 3 is 1.71 bits per heavy atom. The number of nitrogens with zero attached hydrogens (tertiary/aromatic N) is 3. The van der Waals surface area contributed by atoms with Gasteiger partial charge in [-0.1, -0.05) is 0 Å². The fraction of sp³-hybridized carbons (Fsp3) is 0. The summed E-state index contributed by atoms with van der Waals surface area (Å²) in [5, 5.41) is 7.19. The molecule has 0 heterocycles. The Balaban J connectivity index is 0. The molecule has 0 aromatic rings. The van der Waals surface area contributed by atoms with Crippen molar-refractivity contribution in [1.82, 2.24) is 0 Å². The van der Waals surface area contributed by atoms with E-state index in [2.05, 4.69) is 5.73 Å². The third-order valence-corrected chi connectivity index (χ3v) is 0. The Hall–Kier alpha value is -1.42. The summed E-state index contributed by atoms with van der Waals surface area (Å²) in [6, 6.07) is 0. The van der Waals surface area contributed by atoms with Crippen LogP contribution in [0, 0.1) is 0 Å². The van der Waals surface area contributed by atoms with Crippen molar-refractivity contribution in [3.05, 3.63) is 16.0 Å². The lowest BCUT2D eigenvalue weighted by Crippen LogP contribution is -2.03. The van der Waals surface area contributed by atoms with Gasteiger partial charge in [0.15, 0.2) is 0 Å². The molecule has 0 saturated carbocycles. The summed E-state index contributed by atoms with van der Waals surface area (Å²) in [6.45, 7) is 0. The molecule has 0 unspecified atom stereocenters. The van der Waals surface area contributed by atoms with Gasteiger partial charge in [0, 0.05) is 0 Å². The van der Waals surface area contributed by atoms with Gasteiger partial charge < -0.3 is 21.9 Å². The third-order valence-electron chi connectivity index (χ3n) is 0. The Kier molecular flexibility index (Phi) is 11.5. The highest BCUT2D eigenvalue weighted by Crippen LogP contribution is 1.34. The topological polar surface area (TPSA) is 122 Å². The van der Waals surface area contributed by atoms with Crippen LogP contribution in [0.15, 0.2) is 0 Å². The molecule has 0 aromatic carbocycles. The normalized spacial score (nSPS) is 4.57. The molecule has 0 rings (SSSR count). The molecule has 3 N–H and O–H groups in total. The van der Waals surface area contributed by atoms with Gasteiger partial charge in [0.25, 0.3) is 0 Å². The van der Waals surface area contributed by atoms with Gasteiger partial charge in [-0.2, -0.15) is 0 Å². The molecule has 6 nitrogen and oxygen atoms in total. The fourth-order valence-electron chi connectivity index (χ4n) is 0. The second-order valence-electron chi connectivity index (χ2n) is 0.428. The summed E-state index contributed by atoms with van der Waals surface area (Å²) in [5.74, 6) is 0. The molecule has 0 aliphatic heterocycles. The van der Waals surface area contributed by atoms with Crippen LogP contribution in [0.2, 0.25) is 0 Å². The van der Waals surface area contributed by atoms with Gasteiger partial charge >= 0.3 is 6.09 Å². The largest absolute Gasteiger partial charge is 0.465 e. The molecule has 6 heteroatoms. The highest BCUT2D eigenvalue weighted by atomic mass is 16.4. The first kappa shape index (κ1) is 9.13. The van der Waals surface area contributed by atoms with E-state index in [9.17, 15) is 0 Å². The number of carboxylic acid groups (broad SMARTS) is 1. The SMILES string of the molecule is NC(=O)O.[N-]=[N+]=[N-]. The summed E-state index contributed by atoms with van der Waals surface area (Å²) in [5.41, 5.74) is 17.5. The molecule has 0 atom stereocenters. The second kappa shape index (κ2) is 8.82. The van der Waals surface area contributed by atoms with E-state index in [1.54, 1.807) is 0 Å². The van der Waals surface area contributed by atoms with Crippen LogP contribution in [0.5, 0.6) is 0 Å². The van der Waals surface area contributed by atoms with Crippen LogP contribution in [0.4, 0.5) is 4.79 Å². The standard InChI is InChI=1S/CH3NO2.N3/c2-1(3)4;1-3-2/h2H2,(H,3,4);/q;-1. The van der Waals surface area contributed by atoms with Crippen molar-refractivity contribution in [2.24, 2.45) is 5.73 Å². The first-order valence-electron chi connectivity index (χ1n) is 1.12. The molecule has 0 aliphatic rings. The van der Waals surface area contributed by atoms with Gasteiger partial charge in [-0.3, -0.25) is 4.91 Å². The monoisotopic (exact) mass is 103 g/mol. The molecule has 1 amide bonds. The van der Waals surface area contributed by atoms with Crippen molar-refractivity contribution in [2.45, 2.75) is 0 Å². The molecule has 0 aromatic heterocycles. The Morgan fingerprint density at radius 2 is 1.71 bits per heavy atom. The van der Waals surface area contributed by atoms with Crippen molar-refractivity contribution in [1.29, 1.82) is 0 Å². The van der Waals surface area contributed by atoms with E-state index in [1.807, 2.05) is 0 Å². The summed E-state index contributed by atoms with van der Waals surface area (Å²) < 4.78 is 0. The van der Waals surface area contributed by atoms with Crippen molar-refractivity contribution in [3.63, 3.8) is 0 Å². The second-order valence-corrected chi connectivity index (χ2v) is 0.428. The molecule has 0 fully saturated rings. The minimum atomic E-state index is -1.33. The van der Waals surface area contributed by atoms with E-state index in [0.29, 0.717) is 0 Å². The Morgan fingerprint density at radius 1 is 1.71 bits per heavy atom. The van der Waals surface area contributed by atoms with Crippen LogP contribution < -0.4 is 5.73 Å². The molecule has 0 radical (unpaired) electrons. The molecule has 40 valence electrons. The number of carbonyl (C=O) groups is 1. The minimum absolute atomic E-state index is 1.33. The zero-order valence-corrected chi connectivity index (χ0v) is 3.27. The van der Waals surface area contributed by atoms with E-state index in [-0.39, 0.29) is 0 Å². The first-order chi connectivity index (χ1) is 3.15.